The standard InChI is InChI=1S/C30H42F3N3O2/c1-21-22(2)27(38-19-7-14-34-20-29(4,5)6)13-12-26(21)23(3)35-15-17-36(18-16-35)28(37)24-8-10-25(11-9-24)30(31,32)33/h8-13,23,34H,7,14-20H2,1-6H3. The van der Waals surface area contributed by atoms with Crippen LogP contribution in [0.1, 0.15) is 72.8 Å². The van der Waals surface area contributed by atoms with Gasteiger partial charge in [-0.3, -0.25) is 9.69 Å². The zero-order chi connectivity index (χ0) is 28.1. The van der Waals surface area contributed by atoms with Gasteiger partial charge in [0.05, 0.1) is 12.2 Å². The quantitative estimate of drug-likeness (QED) is 0.387. The number of amides is 1. The van der Waals surface area contributed by atoms with E-state index in [1.54, 1.807) is 4.90 Å². The molecule has 0 aromatic heterocycles. The van der Waals surface area contributed by atoms with Gasteiger partial charge in [0.25, 0.3) is 5.91 Å². The van der Waals surface area contributed by atoms with Crippen molar-refractivity contribution in [1.29, 1.82) is 0 Å². The second-order valence-electron chi connectivity index (χ2n) is 11.4. The third-order valence-corrected chi connectivity index (χ3v) is 7.25. The van der Waals surface area contributed by atoms with Crippen LogP contribution < -0.4 is 10.1 Å². The summed E-state index contributed by atoms with van der Waals surface area (Å²) >= 11 is 0. The van der Waals surface area contributed by atoms with E-state index in [2.05, 4.69) is 63.9 Å². The number of rotatable bonds is 9. The lowest BCUT2D eigenvalue weighted by Gasteiger charge is -2.39. The predicted octanol–water partition coefficient (Wildman–Crippen LogP) is 6.25. The molecule has 8 heteroatoms. The Balaban J connectivity index is 1.52. The van der Waals surface area contributed by atoms with Crippen LogP contribution in [-0.4, -0.2) is 61.6 Å². The maximum absolute atomic E-state index is 12.8. The SMILES string of the molecule is Cc1c(OCCCNCC(C)(C)C)ccc(C(C)N2CCN(C(=O)c3ccc(C(F)(F)F)cc3)CC2)c1C. The average Bonchev–Trinajstić information content (AvgIpc) is 2.86. The van der Waals surface area contributed by atoms with E-state index >= 15 is 0 Å². The third-order valence-electron chi connectivity index (χ3n) is 7.25. The molecule has 1 amide bonds. The summed E-state index contributed by atoms with van der Waals surface area (Å²) in [5, 5.41) is 3.47. The number of alkyl halides is 3. The second kappa shape index (κ2) is 12.5. The van der Waals surface area contributed by atoms with Crippen LogP contribution in [0.3, 0.4) is 0 Å². The zero-order valence-corrected chi connectivity index (χ0v) is 23.5. The van der Waals surface area contributed by atoms with Gasteiger partial charge in [0, 0.05) is 37.8 Å². The number of nitrogens with one attached hydrogen (secondary N) is 1. The summed E-state index contributed by atoms with van der Waals surface area (Å²) in [6.07, 6.45) is -3.46. The van der Waals surface area contributed by atoms with Crippen LogP contribution in [-0.2, 0) is 6.18 Å². The fourth-order valence-corrected chi connectivity index (χ4v) is 4.76. The Labute approximate surface area is 225 Å². The lowest BCUT2D eigenvalue weighted by molar-refractivity contribution is -0.137. The molecule has 3 rings (SSSR count). The molecule has 0 saturated carbocycles. The van der Waals surface area contributed by atoms with E-state index in [0.29, 0.717) is 32.8 Å². The molecular weight excluding hydrogens is 491 g/mol. The predicted molar refractivity (Wildman–Crippen MR) is 146 cm³/mol. The van der Waals surface area contributed by atoms with Crippen LogP contribution in [0, 0.1) is 19.3 Å². The highest BCUT2D eigenvalue weighted by Crippen LogP contribution is 2.32. The highest BCUT2D eigenvalue weighted by molar-refractivity contribution is 5.94. The monoisotopic (exact) mass is 533 g/mol. The van der Waals surface area contributed by atoms with Crippen LogP contribution in [0.4, 0.5) is 13.2 Å². The molecule has 1 atom stereocenters. The summed E-state index contributed by atoms with van der Waals surface area (Å²) in [4.78, 5) is 16.9. The molecule has 1 aliphatic heterocycles. The first kappa shape index (κ1) is 30.0. The molecule has 1 heterocycles. The molecule has 0 spiro atoms. The van der Waals surface area contributed by atoms with Gasteiger partial charge in [-0.25, -0.2) is 0 Å². The van der Waals surface area contributed by atoms with E-state index < -0.39 is 11.7 Å². The van der Waals surface area contributed by atoms with E-state index in [9.17, 15) is 18.0 Å². The van der Waals surface area contributed by atoms with Crippen LogP contribution in [0.15, 0.2) is 36.4 Å². The van der Waals surface area contributed by atoms with Crippen LogP contribution >= 0.6 is 0 Å². The van der Waals surface area contributed by atoms with Crippen LogP contribution in [0.2, 0.25) is 0 Å². The van der Waals surface area contributed by atoms with E-state index in [0.717, 1.165) is 43.0 Å². The topological polar surface area (TPSA) is 44.8 Å². The van der Waals surface area contributed by atoms with Crippen molar-refractivity contribution in [3.63, 3.8) is 0 Å². The Kier molecular flexibility index (Phi) is 9.87. The maximum atomic E-state index is 12.8. The van der Waals surface area contributed by atoms with Gasteiger partial charge in [0.2, 0.25) is 0 Å². The van der Waals surface area contributed by atoms with E-state index in [-0.39, 0.29) is 22.9 Å². The number of halogens is 3. The van der Waals surface area contributed by atoms with E-state index in [4.69, 9.17) is 4.74 Å². The molecule has 1 aliphatic rings. The Hall–Kier alpha value is -2.58. The van der Waals surface area contributed by atoms with E-state index in [1.165, 1.54) is 23.3 Å². The number of ether oxygens (including phenoxy) is 1. The number of piperazine rings is 1. The minimum atomic E-state index is -4.41. The summed E-state index contributed by atoms with van der Waals surface area (Å²) in [6, 6.07) is 8.83. The second-order valence-corrected chi connectivity index (χ2v) is 11.4. The first-order chi connectivity index (χ1) is 17.8. The van der Waals surface area contributed by atoms with Gasteiger partial charge in [-0.15, -0.1) is 0 Å². The highest BCUT2D eigenvalue weighted by atomic mass is 19.4. The first-order valence-corrected chi connectivity index (χ1v) is 13.4. The number of hydrogen-bond donors (Lipinski definition) is 1. The Morgan fingerprint density at radius 2 is 1.61 bits per heavy atom. The minimum Gasteiger partial charge on any atom is -0.493 e. The van der Waals surface area contributed by atoms with Gasteiger partial charge in [-0.1, -0.05) is 26.8 Å². The number of benzene rings is 2. The van der Waals surface area contributed by atoms with Crippen molar-refractivity contribution in [3.8, 4) is 5.75 Å². The molecule has 2 aromatic carbocycles. The first-order valence-electron chi connectivity index (χ1n) is 13.4. The zero-order valence-electron chi connectivity index (χ0n) is 23.5. The lowest BCUT2D eigenvalue weighted by Crippen LogP contribution is -2.49. The van der Waals surface area contributed by atoms with Gasteiger partial charge in [-0.05, 0) is 92.7 Å². The van der Waals surface area contributed by atoms with Crippen molar-refractivity contribution in [2.24, 2.45) is 5.41 Å². The Morgan fingerprint density at radius 1 is 0.974 bits per heavy atom. The Morgan fingerprint density at radius 3 is 2.18 bits per heavy atom. The molecule has 0 bridgehead atoms. The van der Waals surface area contributed by atoms with Gasteiger partial charge in [0.1, 0.15) is 5.75 Å². The van der Waals surface area contributed by atoms with E-state index in [1.807, 2.05) is 0 Å². The van der Waals surface area contributed by atoms with Crippen LogP contribution in [0.25, 0.3) is 0 Å². The Bertz CT molecular complexity index is 1070. The molecule has 0 aliphatic carbocycles. The van der Waals surface area contributed by atoms with Gasteiger partial charge >= 0.3 is 6.18 Å². The van der Waals surface area contributed by atoms with Crippen LogP contribution in [0.5, 0.6) is 5.75 Å². The number of nitrogens with zero attached hydrogens (tertiary/aromatic N) is 2. The number of carbonyl (C=O) groups excluding carboxylic acids is 1. The highest BCUT2D eigenvalue weighted by Gasteiger charge is 2.31. The molecule has 5 nitrogen and oxygen atoms in total. The van der Waals surface area contributed by atoms with Gasteiger partial charge in [0.15, 0.2) is 0 Å². The average molecular weight is 534 g/mol. The normalized spacial score (nSPS) is 16.0. The number of carbonyl (C=O) groups is 1. The molecule has 1 unspecified atom stereocenters. The summed E-state index contributed by atoms with van der Waals surface area (Å²) < 4.78 is 44.6. The van der Waals surface area contributed by atoms with Crippen molar-refractivity contribution in [1.82, 2.24) is 15.1 Å². The molecule has 1 saturated heterocycles. The van der Waals surface area contributed by atoms with Gasteiger partial charge < -0.3 is 15.0 Å². The molecule has 0 radical (unpaired) electrons. The fraction of sp³-hybridized carbons (Fsp3) is 0.567. The number of hydrogen-bond acceptors (Lipinski definition) is 4. The summed E-state index contributed by atoms with van der Waals surface area (Å²) in [5.41, 5.74) is 3.41. The maximum Gasteiger partial charge on any atom is 0.416 e. The summed E-state index contributed by atoms with van der Waals surface area (Å²) in [5.74, 6) is 0.689. The van der Waals surface area contributed by atoms with Crippen molar-refractivity contribution < 1.29 is 22.7 Å². The van der Waals surface area contributed by atoms with Crippen molar-refractivity contribution in [2.75, 3.05) is 45.9 Å². The molecule has 38 heavy (non-hydrogen) atoms. The van der Waals surface area contributed by atoms with Crippen molar-refractivity contribution in [3.05, 3.63) is 64.2 Å². The molecule has 1 N–H and O–H groups in total. The van der Waals surface area contributed by atoms with Crippen molar-refractivity contribution in [2.45, 2.75) is 60.2 Å². The summed E-state index contributed by atoms with van der Waals surface area (Å²) in [7, 11) is 0. The molecule has 2 aromatic rings. The molecular formula is C30H42F3N3O2. The van der Waals surface area contributed by atoms with Gasteiger partial charge in [-0.2, -0.15) is 13.2 Å². The van der Waals surface area contributed by atoms with Crippen molar-refractivity contribution >= 4 is 5.91 Å². The lowest BCUT2D eigenvalue weighted by atomic mass is 9.96. The molecule has 210 valence electrons. The fourth-order valence-electron chi connectivity index (χ4n) is 4.76. The smallest absolute Gasteiger partial charge is 0.416 e. The largest absolute Gasteiger partial charge is 0.493 e. The summed E-state index contributed by atoms with van der Waals surface area (Å²) in [6.45, 7) is 18.1. The minimum absolute atomic E-state index is 0.174. The third kappa shape index (κ3) is 7.96. The molecule has 1 fully saturated rings.